The maximum Gasteiger partial charge on any atom is 0.339 e. The highest BCUT2D eigenvalue weighted by Crippen LogP contribution is 2.28. The van der Waals surface area contributed by atoms with Crippen molar-refractivity contribution in [3.8, 4) is 11.5 Å². The molecule has 8 heteroatoms. The van der Waals surface area contributed by atoms with E-state index in [2.05, 4.69) is 0 Å². The Hall–Kier alpha value is -2.77. The van der Waals surface area contributed by atoms with E-state index >= 15 is 0 Å². The summed E-state index contributed by atoms with van der Waals surface area (Å²) in [7, 11) is 1.48. The summed E-state index contributed by atoms with van der Waals surface area (Å²) < 4.78 is 15.8. The van der Waals surface area contributed by atoms with Crippen molar-refractivity contribution in [2.24, 2.45) is 11.7 Å². The molecule has 0 heterocycles. The van der Waals surface area contributed by atoms with Crippen LogP contribution in [0.25, 0.3) is 0 Å². The minimum absolute atomic E-state index is 0.191. The summed E-state index contributed by atoms with van der Waals surface area (Å²) in [4.78, 5) is 35.0. The van der Waals surface area contributed by atoms with Crippen LogP contribution in [0.3, 0.4) is 0 Å². The number of ether oxygens (including phenoxy) is 3. The van der Waals surface area contributed by atoms with Crippen LogP contribution in [0.1, 0.15) is 31.1 Å². The van der Waals surface area contributed by atoms with Crippen LogP contribution >= 0.6 is 0 Å². The molecule has 1 rings (SSSR count). The van der Waals surface area contributed by atoms with Gasteiger partial charge in [-0.1, -0.05) is 13.8 Å². The van der Waals surface area contributed by atoms with Gasteiger partial charge in [0.1, 0.15) is 0 Å². The van der Waals surface area contributed by atoms with Gasteiger partial charge in [-0.05, 0) is 31.0 Å². The zero-order valence-electron chi connectivity index (χ0n) is 14.1. The van der Waals surface area contributed by atoms with Crippen LogP contribution < -0.4 is 20.5 Å². The summed E-state index contributed by atoms with van der Waals surface area (Å²) in [6.45, 7) is 5.55. The maximum absolute atomic E-state index is 12.3. The summed E-state index contributed by atoms with van der Waals surface area (Å²) in [5, 5.41) is 1.91. The van der Waals surface area contributed by atoms with Crippen molar-refractivity contribution in [3.63, 3.8) is 0 Å². The maximum atomic E-state index is 12.3. The van der Waals surface area contributed by atoms with Crippen LogP contribution in [0.15, 0.2) is 18.2 Å². The normalized spacial score (nSPS) is 11.5. The van der Waals surface area contributed by atoms with E-state index in [0.717, 1.165) is 0 Å². The molecule has 1 aromatic rings. The number of nitrogens with one attached hydrogen (secondary N) is 1. The average molecular weight is 338 g/mol. The van der Waals surface area contributed by atoms with Crippen molar-refractivity contribution in [3.05, 3.63) is 23.8 Å². The third-order valence-electron chi connectivity index (χ3n) is 3.04. The first-order valence-corrected chi connectivity index (χ1v) is 7.42. The summed E-state index contributed by atoms with van der Waals surface area (Å²) >= 11 is 0. The van der Waals surface area contributed by atoms with Crippen molar-refractivity contribution < 1.29 is 28.6 Å². The molecule has 132 valence electrons. The molecular formula is C16H22N2O6. The first kappa shape index (κ1) is 19.3. The van der Waals surface area contributed by atoms with Crippen LogP contribution in [-0.2, 0) is 9.53 Å². The van der Waals surface area contributed by atoms with Crippen molar-refractivity contribution in [1.82, 2.24) is 5.32 Å². The summed E-state index contributed by atoms with van der Waals surface area (Å²) in [5.41, 5.74) is 5.11. The molecule has 0 saturated carbocycles. The Balaban J connectivity index is 2.97. The molecule has 0 spiro atoms. The van der Waals surface area contributed by atoms with E-state index < -0.39 is 24.0 Å². The van der Waals surface area contributed by atoms with Gasteiger partial charge in [0.25, 0.3) is 5.91 Å². The smallest absolute Gasteiger partial charge is 0.339 e. The fraction of sp³-hybridized carbons (Fsp3) is 0.438. The van der Waals surface area contributed by atoms with E-state index in [1.807, 2.05) is 5.32 Å². The Kier molecular flexibility index (Phi) is 7.03. The van der Waals surface area contributed by atoms with Gasteiger partial charge >= 0.3 is 12.0 Å². The minimum atomic E-state index is -1.15. The number of hydrogen-bond acceptors (Lipinski definition) is 6. The van der Waals surface area contributed by atoms with Crippen LogP contribution in [0.5, 0.6) is 11.5 Å². The lowest BCUT2D eigenvalue weighted by molar-refractivity contribution is -0.130. The minimum Gasteiger partial charge on any atom is -0.493 e. The first-order valence-electron chi connectivity index (χ1n) is 7.42. The number of imide groups is 1. The van der Waals surface area contributed by atoms with Crippen LogP contribution in [0.4, 0.5) is 4.79 Å². The topological polar surface area (TPSA) is 117 Å². The summed E-state index contributed by atoms with van der Waals surface area (Å²) in [5.74, 6) is -0.989. The molecular weight excluding hydrogens is 316 g/mol. The van der Waals surface area contributed by atoms with Crippen molar-refractivity contribution in [2.45, 2.75) is 26.9 Å². The predicted octanol–water partition coefficient (Wildman–Crippen LogP) is 1.47. The Morgan fingerprint density at radius 2 is 1.88 bits per heavy atom. The lowest BCUT2D eigenvalue weighted by atomic mass is 10.1. The predicted molar refractivity (Wildman–Crippen MR) is 85.9 cm³/mol. The lowest BCUT2D eigenvalue weighted by Crippen LogP contribution is -2.45. The van der Waals surface area contributed by atoms with Gasteiger partial charge in [0.05, 0.1) is 19.3 Å². The van der Waals surface area contributed by atoms with E-state index in [0.29, 0.717) is 18.1 Å². The number of methoxy groups -OCH3 is 1. The van der Waals surface area contributed by atoms with Gasteiger partial charge in [-0.3, -0.25) is 10.1 Å². The molecule has 3 amide bonds. The number of hydrogen-bond donors (Lipinski definition) is 2. The molecule has 0 aromatic heterocycles. The van der Waals surface area contributed by atoms with Gasteiger partial charge in [-0.15, -0.1) is 0 Å². The fourth-order valence-electron chi connectivity index (χ4n) is 1.94. The van der Waals surface area contributed by atoms with E-state index in [4.69, 9.17) is 19.9 Å². The summed E-state index contributed by atoms with van der Waals surface area (Å²) in [6, 6.07) is 3.51. The highest BCUT2D eigenvalue weighted by atomic mass is 16.5. The van der Waals surface area contributed by atoms with Gasteiger partial charge in [0.2, 0.25) is 0 Å². The fourth-order valence-corrected chi connectivity index (χ4v) is 1.94. The highest BCUT2D eigenvalue weighted by Gasteiger charge is 2.28. The van der Waals surface area contributed by atoms with Crippen LogP contribution in [0, 0.1) is 5.92 Å². The molecule has 0 bridgehead atoms. The van der Waals surface area contributed by atoms with Gasteiger partial charge < -0.3 is 19.9 Å². The second kappa shape index (κ2) is 8.76. The molecule has 3 N–H and O–H groups in total. The summed E-state index contributed by atoms with van der Waals surface area (Å²) in [6.07, 6.45) is -1.15. The molecule has 1 atom stereocenters. The Bertz CT molecular complexity index is 615. The van der Waals surface area contributed by atoms with E-state index in [9.17, 15) is 14.4 Å². The number of benzene rings is 1. The second-order valence-corrected chi connectivity index (χ2v) is 5.22. The van der Waals surface area contributed by atoms with Crippen LogP contribution in [-0.4, -0.2) is 37.7 Å². The monoisotopic (exact) mass is 338 g/mol. The zero-order valence-corrected chi connectivity index (χ0v) is 14.1. The number of carbonyl (C=O) groups is 3. The highest BCUT2D eigenvalue weighted by molar-refractivity contribution is 5.98. The molecule has 1 aromatic carbocycles. The first-order chi connectivity index (χ1) is 11.3. The van der Waals surface area contributed by atoms with Gasteiger partial charge in [-0.25, -0.2) is 9.59 Å². The molecule has 24 heavy (non-hydrogen) atoms. The Labute approximate surface area is 140 Å². The number of urea groups is 1. The molecule has 0 radical (unpaired) electrons. The number of esters is 1. The number of rotatable bonds is 7. The standard InChI is InChI=1S/C16H22N2O6/c1-5-23-12-8-10(6-7-11(12)22-4)15(20)24-13(9(2)3)14(19)18-16(17)21/h6-9,13H,5H2,1-4H3,(H3,17,18,19,21)/t13-/m0/s1. The average Bonchev–Trinajstić information content (AvgIpc) is 2.51. The van der Waals surface area contributed by atoms with Crippen molar-refractivity contribution in [2.75, 3.05) is 13.7 Å². The Morgan fingerprint density at radius 3 is 2.38 bits per heavy atom. The molecule has 0 fully saturated rings. The van der Waals surface area contributed by atoms with Crippen molar-refractivity contribution in [1.29, 1.82) is 0 Å². The van der Waals surface area contributed by atoms with Gasteiger partial charge in [-0.2, -0.15) is 0 Å². The number of amides is 3. The molecule has 0 aliphatic heterocycles. The molecule has 0 aliphatic rings. The SMILES string of the molecule is CCOc1cc(C(=O)O[C@H](C(=O)NC(N)=O)C(C)C)ccc1OC. The Morgan fingerprint density at radius 1 is 1.21 bits per heavy atom. The van der Waals surface area contributed by atoms with E-state index in [-0.39, 0.29) is 11.5 Å². The zero-order chi connectivity index (χ0) is 18.3. The third kappa shape index (κ3) is 5.15. The number of primary amides is 1. The number of nitrogens with two attached hydrogens (primary N) is 1. The van der Waals surface area contributed by atoms with Crippen LogP contribution in [0.2, 0.25) is 0 Å². The molecule has 0 saturated heterocycles. The van der Waals surface area contributed by atoms with E-state index in [1.165, 1.54) is 19.2 Å². The lowest BCUT2D eigenvalue weighted by Gasteiger charge is -2.20. The molecule has 0 aliphatic carbocycles. The number of carbonyl (C=O) groups excluding carboxylic acids is 3. The quantitative estimate of drug-likeness (QED) is 0.727. The molecule has 8 nitrogen and oxygen atoms in total. The largest absolute Gasteiger partial charge is 0.493 e. The second-order valence-electron chi connectivity index (χ2n) is 5.22. The van der Waals surface area contributed by atoms with Gasteiger partial charge in [0.15, 0.2) is 17.6 Å². The third-order valence-corrected chi connectivity index (χ3v) is 3.04. The molecule has 0 unspecified atom stereocenters. The van der Waals surface area contributed by atoms with E-state index in [1.54, 1.807) is 26.8 Å². The van der Waals surface area contributed by atoms with Gasteiger partial charge in [0, 0.05) is 0 Å². The van der Waals surface area contributed by atoms with Crippen molar-refractivity contribution >= 4 is 17.9 Å².